The number of rotatable bonds is 3. The van der Waals surface area contributed by atoms with Crippen molar-refractivity contribution in [2.75, 3.05) is 12.8 Å². The Balaban J connectivity index is 1.59. The van der Waals surface area contributed by atoms with Crippen LogP contribution in [0.15, 0.2) is 21.1 Å². The molecule has 22 heavy (non-hydrogen) atoms. The number of anilines is 1. The first-order valence-electron chi connectivity index (χ1n) is 8.40. The largest absolute Gasteiger partial charge is 0.398 e. The van der Waals surface area contributed by atoms with Crippen molar-refractivity contribution in [1.29, 1.82) is 0 Å². The fourth-order valence-corrected chi connectivity index (χ4v) is 7.04. The number of hydrogen-bond donors (Lipinski definition) is 1. The monoisotopic (exact) mass is 426 g/mol. The minimum Gasteiger partial charge on any atom is -0.398 e. The smallest absolute Gasteiger partial charge is 0.0504 e. The Morgan fingerprint density at radius 3 is 2.18 bits per heavy atom. The lowest BCUT2D eigenvalue weighted by molar-refractivity contribution is -0.0821. The zero-order chi connectivity index (χ0) is 15.5. The Hall–Kier alpha value is -0.0600. The molecule has 120 valence electrons. The molecule has 4 fully saturated rings. The van der Waals surface area contributed by atoms with E-state index in [2.05, 4.69) is 49.9 Å². The van der Waals surface area contributed by atoms with E-state index in [-0.39, 0.29) is 0 Å². The third-order valence-corrected chi connectivity index (χ3v) is 7.52. The molecule has 2 N–H and O–H groups in total. The number of benzene rings is 1. The van der Waals surface area contributed by atoms with E-state index in [1.54, 1.807) is 0 Å². The number of halogens is 2. The van der Waals surface area contributed by atoms with Crippen molar-refractivity contribution >= 4 is 37.5 Å². The van der Waals surface area contributed by atoms with Crippen LogP contribution in [0, 0.1) is 17.8 Å². The summed E-state index contributed by atoms with van der Waals surface area (Å²) in [5.74, 6) is 2.96. The van der Waals surface area contributed by atoms with Gasteiger partial charge in [-0.15, -0.1) is 0 Å². The van der Waals surface area contributed by atoms with Crippen molar-refractivity contribution < 1.29 is 0 Å². The van der Waals surface area contributed by atoms with Gasteiger partial charge in [-0.05, 0) is 97.0 Å². The maximum atomic E-state index is 6.30. The van der Waals surface area contributed by atoms with Gasteiger partial charge < -0.3 is 5.73 Å². The van der Waals surface area contributed by atoms with Gasteiger partial charge >= 0.3 is 0 Å². The maximum Gasteiger partial charge on any atom is 0.0504 e. The Morgan fingerprint density at radius 1 is 1.09 bits per heavy atom. The zero-order valence-electron chi connectivity index (χ0n) is 13.1. The highest BCUT2D eigenvalue weighted by Gasteiger charge is 2.52. The highest BCUT2D eigenvalue weighted by Crippen LogP contribution is 2.57. The molecular formula is C18H24Br2N2. The molecule has 0 radical (unpaired) electrons. The molecule has 1 aromatic rings. The Labute approximate surface area is 150 Å². The van der Waals surface area contributed by atoms with E-state index < -0.39 is 0 Å². The third-order valence-electron chi connectivity index (χ3n) is 6.40. The quantitative estimate of drug-likeness (QED) is 0.672. The lowest BCUT2D eigenvalue weighted by Crippen LogP contribution is -2.58. The van der Waals surface area contributed by atoms with E-state index in [9.17, 15) is 0 Å². The van der Waals surface area contributed by atoms with Gasteiger partial charge in [0, 0.05) is 21.0 Å². The van der Waals surface area contributed by atoms with Crippen LogP contribution in [-0.4, -0.2) is 17.5 Å². The van der Waals surface area contributed by atoms with Gasteiger partial charge in [0.1, 0.15) is 0 Å². The van der Waals surface area contributed by atoms with Crippen LogP contribution in [0.1, 0.15) is 44.1 Å². The molecule has 4 aliphatic rings. The molecule has 0 spiro atoms. The molecule has 4 saturated carbocycles. The molecule has 0 aromatic heterocycles. The van der Waals surface area contributed by atoms with E-state index in [1.165, 1.54) is 44.1 Å². The summed E-state index contributed by atoms with van der Waals surface area (Å²) >= 11 is 7.17. The molecule has 4 heteroatoms. The van der Waals surface area contributed by atoms with Crippen molar-refractivity contribution in [2.45, 2.75) is 50.6 Å². The summed E-state index contributed by atoms with van der Waals surface area (Å²) in [4.78, 5) is 2.63. The predicted octanol–water partition coefficient (Wildman–Crippen LogP) is 5.19. The zero-order valence-corrected chi connectivity index (χ0v) is 16.3. The second-order valence-electron chi connectivity index (χ2n) is 7.96. The van der Waals surface area contributed by atoms with Crippen molar-refractivity contribution in [3.8, 4) is 0 Å². The van der Waals surface area contributed by atoms with Crippen LogP contribution in [0.5, 0.6) is 0 Å². The molecule has 4 bridgehead atoms. The number of hydrogen-bond acceptors (Lipinski definition) is 2. The average Bonchev–Trinajstić information content (AvgIpc) is 2.42. The number of nitrogen functional groups attached to an aromatic ring is 1. The summed E-state index contributed by atoms with van der Waals surface area (Å²) < 4.78 is 2.10. The van der Waals surface area contributed by atoms with Crippen molar-refractivity contribution in [2.24, 2.45) is 17.8 Å². The molecule has 1 aromatic carbocycles. The molecular weight excluding hydrogens is 404 g/mol. The minimum atomic E-state index is 0.440. The minimum absolute atomic E-state index is 0.440. The first kappa shape index (κ1) is 15.5. The molecule has 0 amide bonds. The van der Waals surface area contributed by atoms with Gasteiger partial charge in [0.2, 0.25) is 0 Å². The van der Waals surface area contributed by atoms with Crippen molar-refractivity contribution in [3.05, 3.63) is 26.6 Å². The maximum absolute atomic E-state index is 6.30. The van der Waals surface area contributed by atoms with Crippen LogP contribution in [0.2, 0.25) is 0 Å². The van der Waals surface area contributed by atoms with Gasteiger partial charge in [0.15, 0.2) is 0 Å². The summed E-state index contributed by atoms with van der Waals surface area (Å²) in [7, 11) is 2.32. The summed E-state index contributed by atoms with van der Waals surface area (Å²) in [6, 6.07) is 4.21. The first-order chi connectivity index (χ1) is 10.4. The summed E-state index contributed by atoms with van der Waals surface area (Å²) in [6.07, 6.45) is 8.71. The normalized spacial score (nSPS) is 36.3. The molecule has 5 rings (SSSR count). The van der Waals surface area contributed by atoms with Crippen LogP contribution in [-0.2, 0) is 6.54 Å². The average molecular weight is 428 g/mol. The van der Waals surface area contributed by atoms with Crippen molar-refractivity contribution in [1.82, 2.24) is 4.90 Å². The van der Waals surface area contributed by atoms with Gasteiger partial charge in [-0.3, -0.25) is 4.90 Å². The van der Waals surface area contributed by atoms with E-state index >= 15 is 0 Å². The lowest BCUT2D eigenvalue weighted by atomic mass is 9.52. The van der Waals surface area contributed by atoms with Crippen LogP contribution in [0.3, 0.4) is 0 Å². The molecule has 0 unspecified atom stereocenters. The van der Waals surface area contributed by atoms with E-state index in [1.807, 2.05) is 6.07 Å². The van der Waals surface area contributed by atoms with Gasteiger partial charge in [0.05, 0.1) is 5.69 Å². The van der Waals surface area contributed by atoms with E-state index in [4.69, 9.17) is 5.73 Å². The van der Waals surface area contributed by atoms with Crippen molar-refractivity contribution in [3.63, 3.8) is 0 Å². The van der Waals surface area contributed by atoms with Gasteiger partial charge in [-0.2, -0.15) is 0 Å². The predicted molar refractivity (Wildman–Crippen MR) is 98.6 cm³/mol. The molecule has 4 aliphatic carbocycles. The Morgan fingerprint density at radius 2 is 1.64 bits per heavy atom. The number of nitrogens with zero attached hydrogens (tertiary/aromatic N) is 1. The molecule has 2 nitrogen and oxygen atoms in total. The van der Waals surface area contributed by atoms with Crippen LogP contribution < -0.4 is 5.73 Å². The van der Waals surface area contributed by atoms with Gasteiger partial charge in [-0.1, -0.05) is 15.9 Å². The second-order valence-corrected chi connectivity index (χ2v) is 9.73. The molecule has 0 heterocycles. The molecule has 0 atom stereocenters. The van der Waals surface area contributed by atoms with Gasteiger partial charge in [0.25, 0.3) is 0 Å². The fraction of sp³-hybridized carbons (Fsp3) is 0.667. The number of nitrogens with two attached hydrogens (primary N) is 1. The lowest BCUT2D eigenvalue weighted by Gasteiger charge is -2.60. The Bertz CT molecular complexity index is 564. The highest BCUT2D eigenvalue weighted by molar-refractivity contribution is 9.11. The van der Waals surface area contributed by atoms with E-state index in [0.717, 1.165) is 38.9 Å². The topological polar surface area (TPSA) is 29.3 Å². The van der Waals surface area contributed by atoms with Gasteiger partial charge in [-0.25, -0.2) is 0 Å². The standard InChI is InChI=1S/C18H24Br2N2/c1-22(10-14-5-15(19)6-16(20)17(14)21)18-7-11-2-12(8-18)4-13(3-11)9-18/h5-6,11-13H,2-4,7-10,21H2,1H3. The van der Waals surface area contributed by atoms with Crippen LogP contribution >= 0.6 is 31.9 Å². The summed E-state index contributed by atoms with van der Waals surface area (Å²) in [6.45, 7) is 0.954. The Kier molecular flexibility index (Phi) is 3.86. The summed E-state index contributed by atoms with van der Waals surface area (Å²) in [5.41, 5.74) is 8.86. The third kappa shape index (κ3) is 2.55. The second kappa shape index (κ2) is 5.49. The van der Waals surface area contributed by atoms with Crippen LogP contribution in [0.25, 0.3) is 0 Å². The SMILES string of the molecule is CN(Cc1cc(Br)cc(Br)c1N)C12CC3CC(CC(C3)C1)C2. The molecule has 0 aliphatic heterocycles. The highest BCUT2D eigenvalue weighted by atomic mass is 79.9. The van der Waals surface area contributed by atoms with Crippen LogP contribution in [0.4, 0.5) is 5.69 Å². The molecule has 0 saturated heterocycles. The van der Waals surface area contributed by atoms with E-state index in [0.29, 0.717) is 5.54 Å². The fourth-order valence-electron chi connectivity index (χ4n) is 5.72. The first-order valence-corrected chi connectivity index (χ1v) is 9.98. The summed E-state index contributed by atoms with van der Waals surface area (Å²) in [5, 5.41) is 0.